The van der Waals surface area contributed by atoms with Gasteiger partial charge in [0, 0.05) is 6.42 Å². The molecule has 0 amide bonds. The summed E-state index contributed by atoms with van der Waals surface area (Å²) < 4.78 is 9.74. The zero-order chi connectivity index (χ0) is 23.5. The number of carbonyl (C=O) groups is 2. The van der Waals surface area contributed by atoms with Crippen LogP contribution in [-0.2, 0) is 25.5 Å². The second-order valence-corrected chi connectivity index (χ2v) is 8.03. The van der Waals surface area contributed by atoms with Gasteiger partial charge in [-0.15, -0.1) is 0 Å². The molecule has 2 aromatic rings. The van der Waals surface area contributed by atoms with Gasteiger partial charge in [0.15, 0.2) is 12.6 Å². The lowest BCUT2D eigenvalue weighted by molar-refractivity contribution is -0.168. The van der Waals surface area contributed by atoms with Gasteiger partial charge in [-0.2, -0.15) is 0 Å². The molecule has 4 atom stereocenters. The van der Waals surface area contributed by atoms with E-state index in [9.17, 15) is 14.7 Å². The zero-order valence-electron chi connectivity index (χ0n) is 19.1. The van der Waals surface area contributed by atoms with Crippen LogP contribution in [0.25, 0.3) is 0 Å². The molecule has 0 aromatic heterocycles. The highest BCUT2D eigenvalue weighted by atomic mass is 16.6. The summed E-state index contributed by atoms with van der Waals surface area (Å²) in [5.74, 6) is -1.25. The molecule has 0 bridgehead atoms. The van der Waals surface area contributed by atoms with Crippen molar-refractivity contribution in [3.05, 3.63) is 71.3 Å². The van der Waals surface area contributed by atoms with Gasteiger partial charge in [-0.05, 0) is 62.1 Å². The predicted molar refractivity (Wildman–Crippen MR) is 122 cm³/mol. The topological polar surface area (TPSA) is 93.1 Å². The van der Waals surface area contributed by atoms with Crippen molar-refractivity contribution in [2.45, 2.75) is 77.3 Å². The summed E-state index contributed by atoms with van der Waals surface area (Å²) in [7, 11) is 0. The fourth-order valence-electron chi connectivity index (χ4n) is 3.76. The van der Waals surface area contributed by atoms with Gasteiger partial charge >= 0.3 is 11.9 Å². The minimum Gasteiger partial charge on any atom is -0.436 e. The molecule has 4 unspecified atom stereocenters. The first-order chi connectivity index (χ1) is 15.3. The minimum absolute atomic E-state index is 0.0801. The molecular weight excluding hydrogens is 408 g/mol. The Kier molecular flexibility index (Phi) is 10.4. The van der Waals surface area contributed by atoms with Crippen molar-refractivity contribution in [1.82, 2.24) is 0 Å². The van der Waals surface area contributed by atoms with E-state index in [0.29, 0.717) is 18.8 Å². The number of hydrogen-bond donors (Lipinski definition) is 2. The minimum atomic E-state index is -1.21. The Balaban J connectivity index is 2.08. The van der Waals surface area contributed by atoms with Crippen molar-refractivity contribution in [3.63, 3.8) is 0 Å². The first kappa shape index (κ1) is 25.6. The molecule has 0 saturated carbocycles. The van der Waals surface area contributed by atoms with Gasteiger partial charge in [0.05, 0.1) is 5.92 Å². The van der Waals surface area contributed by atoms with E-state index in [2.05, 4.69) is 31.2 Å². The molecule has 6 heteroatoms. The summed E-state index contributed by atoms with van der Waals surface area (Å²) in [6.07, 6.45) is 0.387. The van der Waals surface area contributed by atoms with Crippen LogP contribution in [0.3, 0.4) is 0 Å². The first-order valence-corrected chi connectivity index (χ1v) is 11.2. The zero-order valence-corrected chi connectivity index (χ0v) is 19.1. The number of benzene rings is 2. The molecule has 0 saturated heterocycles. The van der Waals surface area contributed by atoms with Crippen molar-refractivity contribution >= 4 is 11.9 Å². The molecule has 0 spiro atoms. The second kappa shape index (κ2) is 13.0. The summed E-state index contributed by atoms with van der Waals surface area (Å²) in [6.45, 7) is 4.92. The van der Waals surface area contributed by atoms with Crippen LogP contribution in [-0.4, -0.2) is 34.7 Å². The fraction of sp³-hybridized carbons (Fsp3) is 0.462. The molecule has 0 aliphatic rings. The Bertz CT molecular complexity index is 829. The highest BCUT2D eigenvalue weighted by molar-refractivity contribution is 5.78. The maximum absolute atomic E-state index is 12.6. The van der Waals surface area contributed by atoms with Crippen LogP contribution < -0.4 is 0 Å². The van der Waals surface area contributed by atoms with E-state index < -0.39 is 30.4 Å². The van der Waals surface area contributed by atoms with E-state index in [0.717, 1.165) is 18.4 Å². The van der Waals surface area contributed by atoms with Crippen LogP contribution in [0.4, 0.5) is 0 Å². The highest BCUT2D eigenvalue weighted by Gasteiger charge is 2.24. The van der Waals surface area contributed by atoms with Gasteiger partial charge in [0.2, 0.25) is 0 Å². The third-order valence-corrected chi connectivity index (χ3v) is 5.37. The summed E-state index contributed by atoms with van der Waals surface area (Å²) in [6, 6.07) is 18.3. The summed E-state index contributed by atoms with van der Waals surface area (Å²) in [5.41, 5.74) is 3.25. The lowest BCUT2D eigenvalue weighted by atomic mass is 9.88. The molecule has 0 aliphatic heterocycles. The average molecular weight is 443 g/mol. The fourth-order valence-corrected chi connectivity index (χ4v) is 3.76. The Morgan fingerprint density at radius 1 is 0.875 bits per heavy atom. The molecule has 0 radical (unpaired) electrons. The van der Waals surface area contributed by atoms with Crippen LogP contribution in [0, 0.1) is 0 Å². The standard InChI is InChI=1S/C26H34O6/c1-4-21(22-9-6-5-7-10-22)17-20-13-15-23(16-14-20)24(26(30)32-19(3)28)11-8-12-25(29)31-18(2)27/h5-7,9-10,13-16,18-19,21,24,27-28H,4,8,11-12,17H2,1-3H3. The monoisotopic (exact) mass is 442 g/mol. The highest BCUT2D eigenvalue weighted by Crippen LogP contribution is 2.28. The molecule has 0 aliphatic carbocycles. The molecule has 2 aromatic carbocycles. The lowest BCUT2D eigenvalue weighted by Crippen LogP contribution is -2.21. The summed E-state index contributed by atoms with van der Waals surface area (Å²) in [5, 5.41) is 18.6. The Hall–Kier alpha value is -2.70. The molecule has 0 heterocycles. The van der Waals surface area contributed by atoms with E-state index in [-0.39, 0.29) is 6.42 Å². The van der Waals surface area contributed by atoms with Gasteiger partial charge in [-0.25, -0.2) is 0 Å². The van der Waals surface area contributed by atoms with E-state index >= 15 is 0 Å². The summed E-state index contributed by atoms with van der Waals surface area (Å²) >= 11 is 0. The van der Waals surface area contributed by atoms with Crippen LogP contribution in [0.5, 0.6) is 0 Å². The van der Waals surface area contributed by atoms with Gasteiger partial charge in [-0.3, -0.25) is 9.59 Å². The maximum atomic E-state index is 12.6. The van der Waals surface area contributed by atoms with Crippen molar-refractivity contribution in [1.29, 1.82) is 0 Å². The number of esters is 2. The SMILES string of the molecule is CCC(Cc1ccc(C(CCCC(=O)OC(C)O)C(=O)OC(C)O)cc1)c1ccccc1. The van der Waals surface area contributed by atoms with Crippen LogP contribution in [0.2, 0.25) is 0 Å². The van der Waals surface area contributed by atoms with E-state index in [1.807, 2.05) is 30.3 Å². The van der Waals surface area contributed by atoms with E-state index in [1.54, 1.807) is 0 Å². The van der Waals surface area contributed by atoms with Gasteiger partial charge in [0.25, 0.3) is 0 Å². The molecule has 174 valence electrons. The largest absolute Gasteiger partial charge is 0.436 e. The first-order valence-electron chi connectivity index (χ1n) is 11.2. The molecular formula is C26H34O6. The number of aliphatic hydroxyl groups is 2. The Morgan fingerprint density at radius 2 is 1.50 bits per heavy atom. The number of carbonyl (C=O) groups excluding carboxylic acids is 2. The molecule has 2 rings (SSSR count). The Labute approximate surface area is 190 Å². The maximum Gasteiger partial charge on any atom is 0.315 e. The lowest BCUT2D eigenvalue weighted by Gasteiger charge is -2.19. The number of aliphatic hydroxyl groups excluding tert-OH is 2. The second-order valence-electron chi connectivity index (χ2n) is 8.03. The van der Waals surface area contributed by atoms with E-state index in [4.69, 9.17) is 14.6 Å². The van der Waals surface area contributed by atoms with Crippen molar-refractivity contribution < 1.29 is 29.3 Å². The van der Waals surface area contributed by atoms with Crippen molar-refractivity contribution in [2.24, 2.45) is 0 Å². The molecule has 2 N–H and O–H groups in total. The Morgan fingerprint density at radius 3 is 2.06 bits per heavy atom. The quantitative estimate of drug-likeness (QED) is 0.373. The van der Waals surface area contributed by atoms with Gasteiger partial charge < -0.3 is 19.7 Å². The number of rotatable bonds is 12. The van der Waals surface area contributed by atoms with Crippen LogP contribution in [0.15, 0.2) is 54.6 Å². The van der Waals surface area contributed by atoms with Gasteiger partial charge in [0.1, 0.15) is 0 Å². The average Bonchev–Trinajstić information content (AvgIpc) is 2.75. The van der Waals surface area contributed by atoms with Crippen LogP contribution in [0.1, 0.15) is 75.0 Å². The third kappa shape index (κ3) is 8.44. The normalized spacial score (nSPS) is 14.8. The number of hydrogen-bond acceptors (Lipinski definition) is 6. The summed E-state index contributed by atoms with van der Waals surface area (Å²) in [4.78, 5) is 24.2. The van der Waals surface area contributed by atoms with Crippen LogP contribution >= 0.6 is 0 Å². The third-order valence-electron chi connectivity index (χ3n) is 5.37. The molecule has 0 fully saturated rings. The van der Waals surface area contributed by atoms with Crippen molar-refractivity contribution in [2.75, 3.05) is 0 Å². The molecule has 6 nitrogen and oxygen atoms in total. The predicted octanol–water partition coefficient (Wildman–Crippen LogP) is 4.44. The van der Waals surface area contributed by atoms with Gasteiger partial charge in [-0.1, -0.05) is 61.5 Å². The molecule has 32 heavy (non-hydrogen) atoms. The van der Waals surface area contributed by atoms with Crippen molar-refractivity contribution in [3.8, 4) is 0 Å². The number of ether oxygens (including phenoxy) is 2. The van der Waals surface area contributed by atoms with E-state index in [1.165, 1.54) is 25.0 Å². The smallest absolute Gasteiger partial charge is 0.315 e.